The molecule has 0 bridgehead atoms. The van der Waals surface area contributed by atoms with Crippen molar-refractivity contribution in [3.8, 4) is 11.5 Å². The lowest BCUT2D eigenvalue weighted by atomic mass is 10.2. The number of anilines is 2. The average Bonchev–Trinajstić information content (AvgIpc) is 3.16. The third-order valence-electron chi connectivity index (χ3n) is 3.97. The minimum Gasteiger partial charge on any atom is -0.454 e. The van der Waals surface area contributed by atoms with E-state index >= 15 is 0 Å². The minimum absolute atomic E-state index is 0.0598. The summed E-state index contributed by atoms with van der Waals surface area (Å²) >= 11 is 0. The summed E-state index contributed by atoms with van der Waals surface area (Å²) in [5, 5.41) is 5.27. The van der Waals surface area contributed by atoms with Crippen molar-refractivity contribution in [3.05, 3.63) is 77.9 Å². The molecule has 0 radical (unpaired) electrons. The molecule has 0 spiro atoms. The number of hydrogen-bond donors (Lipinski definition) is 2. The quantitative estimate of drug-likeness (QED) is 0.725. The van der Waals surface area contributed by atoms with Crippen molar-refractivity contribution >= 4 is 23.2 Å². The Morgan fingerprint density at radius 3 is 2.54 bits per heavy atom. The number of nitrogens with one attached hydrogen (secondary N) is 2. The number of benzene rings is 2. The Bertz CT molecular complexity index is 1070. The van der Waals surface area contributed by atoms with Crippen LogP contribution in [0, 0.1) is 5.82 Å². The lowest BCUT2D eigenvalue weighted by molar-refractivity contribution is 0.102. The third-order valence-corrected chi connectivity index (χ3v) is 3.97. The van der Waals surface area contributed by atoms with Crippen molar-refractivity contribution in [3.63, 3.8) is 0 Å². The maximum absolute atomic E-state index is 13.2. The van der Waals surface area contributed by atoms with Crippen LogP contribution in [0.25, 0.3) is 0 Å². The van der Waals surface area contributed by atoms with E-state index < -0.39 is 17.6 Å². The molecule has 7 nitrogen and oxygen atoms in total. The number of carbonyl (C=O) groups excluding carboxylic acids is 2. The number of nitrogens with zero attached hydrogens (tertiary/aromatic N) is 1. The van der Waals surface area contributed by atoms with Crippen LogP contribution >= 0.6 is 0 Å². The molecule has 2 amide bonds. The normalized spacial score (nSPS) is 11.8. The van der Waals surface area contributed by atoms with Gasteiger partial charge in [-0.25, -0.2) is 4.39 Å². The highest BCUT2D eigenvalue weighted by Gasteiger charge is 2.16. The van der Waals surface area contributed by atoms with Crippen molar-refractivity contribution in [2.24, 2.45) is 0 Å². The lowest BCUT2D eigenvalue weighted by Gasteiger charge is -2.08. The van der Waals surface area contributed by atoms with Gasteiger partial charge in [0.15, 0.2) is 11.5 Å². The second-order valence-electron chi connectivity index (χ2n) is 5.92. The van der Waals surface area contributed by atoms with Gasteiger partial charge in [-0.05, 0) is 42.5 Å². The predicted octanol–water partition coefficient (Wildman–Crippen LogP) is 3.45. The van der Waals surface area contributed by atoms with E-state index in [1.807, 2.05) is 0 Å². The van der Waals surface area contributed by atoms with Crippen molar-refractivity contribution in [2.45, 2.75) is 0 Å². The number of fused-ring (bicyclic) bond motifs is 1. The third kappa shape index (κ3) is 3.75. The topological polar surface area (TPSA) is 89.6 Å². The van der Waals surface area contributed by atoms with Gasteiger partial charge in [0.05, 0.1) is 0 Å². The standard InChI is InChI=1S/C20H14FN3O4/c21-13-2-1-3-14(9-13)23-19(25)12-6-7-22-16(8-12)20(26)24-15-4-5-17-18(10-15)28-11-27-17/h1-10H,11H2,(H,23,25)(H,24,26). The molecule has 2 heterocycles. The zero-order valence-corrected chi connectivity index (χ0v) is 14.4. The molecule has 0 saturated heterocycles. The first-order chi connectivity index (χ1) is 13.6. The molecule has 2 aromatic carbocycles. The van der Waals surface area contributed by atoms with Gasteiger partial charge in [0.1, 0.15) is 11.5 Å². The van der Waals surface area contributed by atoms with Crippen LogP contribution in [0.5, 0.6) is 11.5 Å². The van der Waals surface area contributed by atoms with E-state index in [-0.39, 0.29) is 18.1 Å². The Hall–Kier alpha value is -3.94. The minimum atomic E-state index is -0.487. The summed E-state index contributed by atoms with van der Waals surface area (Å²) in [4.78, 5) is 28.8. The molecule has 0 fully saturated rings. The first kappa shape index (κ1) is 17.5. The summed E-state index contributed by atoms with van der Waals surface area (Å²) in [7, 11) is 0. The van der Waals surface area contributed by atoms with Crippen molar-refractivity contribution in [2.75, 3.05) is 17.4 Å². The monoisotopic (exact) mass is 379 g/mol. The zero-order valence-electron chi connectivity index (χ0n) is 14.4. The SMILES string of the molecule is O=C(Nc1cccc(F)c1)c1ccnc(C(=O)Nc2ccc3c(c2)OCO3)c1. The van der Waals surface area contributed by atoms with E-state index in [4.69, 9.17) is 9.47 Å². The van der Waals surface area contributed by atoms with E-state index in [0.717, 1.165) is 0 Å². The largest absolute Gasteiger partial charge is 0.454 e. The highest BCUT2D eigenvalue weighted by atomic mass is 19.1. The Labute approximate surface area is 159 Å². The number of rotatable bonds is 4. The van der Waals surface area contributed by atoms with Gasteiger partial charge in [0.2, 0.25) is 6.79 Å². The molecule has 140 valence electrons. The molecule has 4 rings (SSSR count). The van der Waals surface area contributed by atoms with Crippen LogP contribution in [-0.4, -0.2) is 23.6 Å². The van der Waals surface area contributed by atoms with Gasteiger partial charge in [-0.2, -0.15) is 0 Å². The second-order valence-corrected chi connectivity index (χ2v) is 5.92. The Kier molecular flexibility index (Phi) is 4.59. The van der Waals surface area contributed by atoms with Crippen LogP contribution < -0.4 is 20.1 Å². The van der Waals surface area contributed by atoms with E-state index in [2.05, 4.69) is 15.6 Å². The number of amides is 2. The van der Waals surface area contributed by atoms with Gasteiger partial charge in [0, 0.05) is 29.2 Å². The molecule has 0 aliphatic carbocycles. The van der Waals surface area contributed by atoms with Gasteiger partial charge in [0.25, 0.3) is 11.8 Å². The van der Waals surface area contributed by atoms with Crippen LogP contribution in [0.3, 0.4) is 0 Å². The summed E-state index contributed by atoms with van der Waals surface area (Å²) < 4.78 is 23.7. The molecule has 1 aromatic heterocycles. The van der Waals surface area contributed by atoms with Gasteiger partial charge in [-0.15, -0.1) is 0 Å². The van der Waals surface area contributed by atoms with E-state index in [1.54, 1.807) is 24.3 Å². The Morgan fingerprint density at radius 1 is 0.893 bits per heavy atom. The summed E-state index contributed by atoms with van der Waals surface area (Å²) in [6.07, 6.45) is 1.36. The number of halogens is 1. The van der Waals surface area contributed by atoms with Gasteiger partial charge < -0.3 is 20.1 Å². The molecule has 1 aliphatic rings. The highest BCUT2D eigenvalue weighted by molar-refractivity contribution is 6.07. The van der Waals surface area contributed by atoms with Gasteiger partial charge in [-0.1, -0.05) is 6.07 Å². The van der Waals surface area contributed by atoms with Gasteiger partial charge >= 0.3 is 0 Å². The molecule has 0 saturated carbocycles. The summed E-state index contributed by atoms with van der Waals surface area (Å²) in [5.41, 5.74) is 1.10. The molecule has 1 aliphatic heterocycles. The Morgan fingerprint density at radius 2 is 1.68 bits per heavy atom. The van der Waals surface area contributed by atoms with Gasteiger partial charge in [-0.3, -0.25) is 14.6 Å². The lowest BCUT2D eigenvalue weighted by Crippen LogP contribution is -2.17. The second kappa shape index (κ2) is 7.36. The van der Waals surface area contributed by atoms with E-state index in [0.29, 0.717) is 22.9 Å². The molecule has 0 atom stereocenters. The van der Waals surface area contributed by atoms with Crippen LogP contribution in [-0.2, 0) is 0 Å². The summed E-state index contributed by atoms with van der Waals surface area (Å²) in [6.45, 7) is 0.136. The first-order valence-corrected chi connectivity index (χ1v) is 8.32. The summed E-state index contributed by atoms with van der Waals surface area (Å²) in [6, 6.07) is 13.4. The van der Waals surface area contributed by atoms with Crippen LogP contribution in [0.1, 0.15) is 20.8 Å². The number of carbonyl (C=O) groups is 2. The van der Waals surface area contributed by atoms with Crippen molar-refractivity contribution < 1.29 is 23.5 Å². The predicted molar refractivity (Wildman–Crippen MR) is 99.1 cm³/mol. The first-order valence-electron chi connectivity index (χ1n) is 8.32. The smallest absolute Gasteiger partial charge is 0.274 e. The highest BCUT2D eigenvalue weighted by Crippen LogP contribution is 2.34. The maximum Gasteiger partial charge on any atom is 0.274 e. The number of hydrogen-bond acceptors (Lipinski definition) is 5. The molecule has 28 heavy (non-hydrogen) atoms. The molecular weight excluding hydrogens is 365 g/mol. The van der Waals surface area contributed by atoms with Crippen molar-refractivity contribution in [1.82, 2.24) is 4.98 Å². The molecule has 3 aromatic rings. The number of ether oxygens (including phenoxy) is 2. The summed E-state index contributed by atoms with van der Waals surface area (Å²) in [5.74, 6) is -0.290. The molecule has 2 N–H and O–H groups in total. The van der Waals surface area contributed by atoms with Crippen LogP contribution in [0.4, 0.5) is 15.8 Å². The van der Waals surface area contributed by atoms with E-state index in [9.17, 15) is 14.0 Å². The maximum atomic E-state index is 13.2. The molecule has 0 unspecified atom stereocenters. The fourth-order valence-electron chi connectivity index (χ4n) is 2.63. The number of aromatic nitrogens is 1. The van der Waals surface area contributed by atoms with E-state index in [1.165, 1.54) is 36.5 Å². The Balaban J connectivity index is 1.48. The van der Waals surface area contributed by atoms with Crippen LogP contribution in [0.2, 0.25) is 0 Å². The van der Waals surface area contributed by atoms with Crippen molar-refractivity contribution in [1.29, 1.82) is 0 Å². The fourth-order valence-corrected chi connectivity index (χ4v) is 2.63. The van der Waals surface area contributed by atoms with Crippen LogP contribution in [0.15, 0.2) is 60.8 Å². The number of pyridine rings is 1. The molecular formula is C20H14FN3O4. The average molecular weight is 379 g/mol. The molecule has 8 heteroatoms. The zero-order chi connectivity index (χ0) is 19.5. The fraction of sp³-hybridized carbons (Fsp3) is 0.0500.